The van der Waals surface area contributed by atoms with Gasteiger partial charge in [-0.2, -0.15) is 0 Å². The molecule has 1 aliphatic rings. The molecule has 0 aromatic heterocycles. The molecule has 1 heterocycles. The van der Waals surface area contributed by atoms with Crippen molar-refractivity contribution in [1.29, 1.82) is 0 Å². The molecule has 2 unspecified atom stereocenters. The molecular weight excluding hydrogens is 224 g/mol. The Hall–Kier alpha value is -0.570. The molecular formula is C15H30N2O. The van der Waals surface area contributed by atoms with Crippen LogP contribution in [0.5, 0.6) is 0 Å². The topological polar surface area (TPSA) is 32.3 Å². The SMILES string of the molecule is CC1CCC(C(C)C)N(CC(=O)NC(C)C)CC1. The third kappa shape index (κ3) is 4.97. The van der Waals surface area contributed by atoms with Crippen LogP contribution >= 0.6 is 0 Å². The van der Waals surface area contributed by atoms with E-state index in [0.29, 0.717) is 18.5 Å². The van der Waals surface area contributed by atoms with E-state index in [9.17, 15) is 4.79 Å². The molecule has 1 fully saturated rings. The Morgan fingerprint density at radius 1 is 1.22 bits per heavy atom. The van der Waals surface area contributed by atoms with Gasteiger partial charge in [-0.15, -0.1) is 0 Å². The molecule has 1 N–H and O–H groups in total. The first-order valence-corrected chi connectivity index (χ1v) is 7.43. The van der Waals surface area contributed by atoms with Crippen LogP contribution in [0.3, 0.4) is 0 Å². The first-order valence-electron chi connectivity index (χ1n) is 7.43. The molecule has 0 spiro atoms. The molecule has 1 aliphatic heterocycles. The van der Waals surface area contributed by atoms with Gasteiger partial charge >= 0.3 is 0 Å². The first kappa shape index (κ1) is 15.5. The van der Waals surface area contributed by atoms with Crippen LogP contribution in [0.1, 0.15) is 53.9 Å². The highest BCUT2D eigenvalue weighted by atomic mass is 16.2. The summed E-state index contributed by atoms with van der Waals surface area (Å²) in [7, 11) is 0. The van der Waals surface area contributed by atoms with E-state index in [4.69, 9.17) is 0 Å². The monoisotopic (exact) mass is 254 g/mol. The summed E-state index contributed by atoms with van der Waals surface area (Å²) in [5.74, 6) is 1.59. The van der Waals surface area contributed by atoms with Crippen LogP contribution in [0.25, 0.3) is 0 Å². The zero-order valence-electron chi connectivity index (χ0n) is 12.7. The summed E-state index contributed by atoms with van der Waals surface area (Å²) in [6, 6.07) is 0.800. The summed E-state index contributed by atoms with van der Waals surface area (Å²) in [5.41, 5.74) is 0. The lowest BCUT2D eigenvalue weighted by atomic mass is 9.95. The van der Waals surface area contributed by atoms with Crippen LogP contribution in [-0.2, 0) is 4.79 Å². The van der Waals surface area contributed by atoms with E-state index < -0.39 is 0 Å². The molecule has 18 heavy (non-hydrogen) atoms. The molecule has 3 heteroatoms. The average Bonchev–Trinajstić information content (AvgIpc) is 2.40. The van der Waals surface area contributed by atoms with Gasteiger partial charge in [0.05, 0.1) is 6.54 Å². The number of likely N-dealkylation sites (tertiary alicyclic amines) is 1. The fraction of sp³-hybridized carbons (Fsp3) is 0.933. The average molecular weight is 254 g/mol. The Morgan fingerprint density at radius 3 is 2.44 bits per heavy atom. The van der Waals surface area contributed by atoms with E-state index in [1.54, 1.807) is 0 Å². The maximum atomic E-state index is 11.9. The van der Waals surface area contributed by atoms with Crippen molar-refractivity contribution in [1.82, 2.24) is 10.2 Å². The maximum absolute atomic E-state index is 11.9. The molecule has 1 amide bonds. The number of nitrogens with zero attached hydrogens (tertiary/aromatic N) is 1. The highest BCUT2D eigenvalue weighted by Crippen LogP contribution is 2.25. The predicted molar refractivity (Wildman–Crippen MR) is 76.5 cm³/mol. The molecule has 0 bridgehead atoms. The Kier molecular flexibility index (Phi) is 6.13. The minimum absolute atomic E-state index is 0.171. The van der Waals surface area contributed by atoms with Crippen molar-refractivity contribution < 1.29 is 4.79 Å². The second-order valence-corrected chi connectivity index (χ2v) is 6.48. The molecule has 106 valence electrons. The fourth-order valence-electron chi connectivity index (χ4n) is 2.84. The fourth-order valence-corrected chi connectivity index (χ4v) is 2.84. The van der Waals surface area contributed by atoms with Gasteiger partial charge in [0, 0.05) is 12.1 Å². The van der Waals surface area contributed by atoms with Crippen LogP contribution in [0.2, 0.25) is 0 Å². The molecule has 1 rings (SSSR count). The van der Waals surface area contributed by atoms with E-state index >= 15 is 0 Å². The number of nitrogens with one attached hydrogen (secondary N) is 1. The van der Waals surface area contributed by atoms with E-state index in [1.807, 2.05) is 13.8 Å². The molecule has 0 saturated carbocycles. The number of amides is 1. The number of carbonyl (C=O) groups is 1. The molecule has 0 aromatic rings. The van der Waals surface area contributed by atoms with Gasteiger partial charge in [-0.3, -0.25) is 9.69 Å². The van der Waals surface area contributed by atoms with Crippen molar-refractivity contribution in [3.63, 3.8) is 0 Å². The number of hydrogen-bond acceptors (Lipinski definition) is 2. The normalized spacial score (nSPS) is 26.4. The van der Waals surface area contributed by atoms with Gasteiger partial charge in [-0.1, -0.05) is 20.8 Å². The summed E-state index contributed by atoms with van der Waals surface area (Å²) in [6.45, 7) is 12.5. The standard InChI is InChI=1S/C15H30N2O/c1-11(2)14-7-6-13(5)8-9-17(14)10-15(18)16-12(3)4/h11-14H,6-10H2,1-5H3,(H,16,18). The molecule has 3 nitrogen and oxygen atoms in total. The second kappa shape index (κ2) is 7.13. The third-order valence-corrected chi connectivity index (χ3v) is 3.90. The molecule has 0 aromatic carbocycles. The van der Waals surface area contributed by atoms with Crippen molar-refractivity contribution in [2.75, 3.05) is 13.1 Å². The van der Waals surface area contributed by atoms with E-state index in [2.05, 4.69) is 31.0 Å². The van der Waals surface area contributed by atoms with Crippen LogP contribution in [0.4, 0.5) is 0 Å². The summed E-state index contributed by atoms with van der Waals surface area (Å²) in [6.07, 6.45) is 3.75. The number of carbonyl (C=O) groups excluding carboxylic acids is 1. The predicted octanol–water partition coefficient (Wildman–Crippen LogP) is 2.66. The molecule has 0 radical (unpaired) electrons. The lowest BCUT2D eigenvalue weighted by molar-refractivity contribution is -0.123. The smallest absolute Gasteiger partial charge is 0.234 e. The lowest BCUT2D eigenvalue weighted by Crippen LogP contribution is -2.46. The zero-order chi connectivity index (χ0) is 13.7. The highest BCUT2D eigenvalue weighted by molar-refractivity contribution is 5.78. The van der Waals surface area contributed by atoms with Gasteiger partial charge in [-0.05, 0) is 51.5 Å². The second-order valence-electron chi connectivity index (χ2n) is 6.48. The van der Waals surface area contributed by atoms with Crippen molar-refractivity contribution >= 4 is 5.91 Å². The highest BCUT2D eigenvalue weighted by Gasteiger charge is 2.27. The van der Waals surface area contributed by atoms with Crippen LogP contribution in [-0.4, -0.2) is 36.0 Å². The Balaban J connectivity index is 2.60. The van der Waals surface area contributed by atoms with E-state index in [0.717, 1.165) is 12.5 Å². The van der Waals surface area contributed by atoms with Crippen LogP contribution < -0.4 is 5.32 Å². The Bertz CT molecular complexity index is 263. The summed E-state index contributed by atoms with van der Waals surface area (Å²) >= 11 is 0. The molecule has 1 saturated heterocycles. The molecule has 2 atom stereocenters. The van der Waals surface area contributed by atoms with Gasteiger partial charge < -0.3 is 5.32 Å². The minimum Gasteiger partial charge on any atom is -0.353 e. The number of hydrogen-bond donors (Lipinski definition) is 1. The van der Waals surface area contributed by atoms with Crippen molar-refractivity contribution in [3.8, 4) is 0 Å². The van der Waals surface area contributed by atoms with Crippen molar-refractivity contribution in [3.05, 3.63) is 0 Å². The third-order valence-electron chi connectivity index (χ3n) is 3.90. The van der Waals surface area contributed by atoms with E-state index in [1.165, 1.54) is 19.3 Å². The van der Waals surface area contributed by atoms with Gasteiger partial charge in [0.1, 0.15) is 0 Å². The van der Waals surface area contributed by atoms with Crippen molar-refractivity contribution in [2.24, 2.45) is 11.8 Å². The summed E-state index contributed by atoms with van der Waals surface area (Å²) in [4.78, 5) is 14.3. The lowest BCUT2D eigenvalue weighted by Gasteiger charge is -2.32. The van der Waals surface area contributed by atoms with Gasteiger partial charge in [-0.25, -0.2) is 0 Å². The van der Waals surface area contributed by atoms with Crippen LogP contribution in [0, 0.1) is 11.8 Å². The maximum Gasteiger partial charge on any atom is 0.234 e. The summed E-state index contributed by atoms with van der Waals surface area (Å²) < 4.78 is 0. The van der Waals surface area contributed by atoms with Crippen LogP contribution in [0.15, 0.2) is 0 Å². The Labute approximate surface area is 112 Å². The van der Waals surface area contributed by atoms with Gasteiger partial charge in [0.15, 0.2) is 0 Å². The quantitative estimate of drug-likeness (QED) is 0.836. The zero-order valence-corrected chi connectivity index (χ0v) is 12.7. The van der Waals surface area contributed by atoms with E-state index in [-0.39, 0.29) is 11.9 Å². The number of rotatable bonds is 4. The Morgan fingerprint density at radius 2 is 1.89 bits per heavy atom. The van der Waals surface area contributed by atoms with Gasteiger partial charge in [0.2, 0.25) is 5.91 Å². The minimum atomic E-state index is 0.171. The first-order chi connectivity index (χ1) is 8.40. The largest absolute Gasteiger partial charge is 0.353 e. The summed E-state index contributed by atoms with van der Waals surface area (Å²) in [5, 5.41) is 3.00. The van der Waals surface area contributed by atoms with Crippen molar-refractivity contribution in [2.45, 2.75) is 66.0 Å². The molecule has 0 aliphatic carbocycles. The van der Waals surface area contributed by atoms with Gasteiger partial charge in [0.25, 0.3) is 0 Å².